The highest BCUT2D eigenvalue weighted by Crippen LogP contribution is 2.64. The Balaban J connectivity index is 5.27. The smallest absolute Gasteiger partial charge is 0.308 e. The maximum Gasteiger partial charge on any atom is 0.342 e. The molecule has 0 aliphatic heterocycles. The topological polar surface area (TPSA) is 71.1 Å². The maximum absolute atomic E-state index is 13.5. The summed E-state index contributed by atoms with van der Waals surface area (Å²) in [6.45, 7) is 9.07. The lowest BCUT2D eigenvalue weighted by Crippen LogP contribution is -2.08. The molecule has 0 aromatic heterocycles. The van der Waals surface area contributed by atoms with Crippen LogP contribution < -0.4 is 0 Å². The normalized spacial score (nSPS) is 16.4. The van der Waals surface area contributed by atoms with Gasteiger partial charge in [-0.2, -0.15) is 0 Å². The zero-order valence-electron chi connectivity index (χ0n) is 21.2. The van der Waals surface area contributed by atoms with Gasteiger partial charge in [0.05, 0.1) is 26.4 Å². The van der Waals surface area contributed by atoms with Crippen LogP contribution >= 0.6 is 15.2 Å². The average molecular weight is 505 g/mol. The summed E-state index contributed by atoms with van der Waals surface area (Å²) < 4.78 is 49.7. The lowest BCUT2D eigenvalue weighted by Gasteiger charge is -2.24. The lowest BCUT2D eigenvalue weighted by atomic mass is 10.3. The van der Waals surface area contributed by atoms with Gasteiger partial charge in [-0.1, -0.05) is 76.3 Å². The molecule has 33 heavy (non-hydrogen) atoms. The van der Waals surface area contributed by atoms with Gasteiger partial charge in [0.15, 0.2) is 5.90 Å². The van der Waals surface area contributed by atoms with Gasteiger partial charge in [0.25, 0.3) is 0 Å². The fourth-order valence-electron chi connectivity index (χ4n) is 2.63. The van der Waals surface area contributed by atoms with Crippen LogP contribution in [-0.4, -0.2) is 32.3 Å². The molecule has 0 spiro atoms. The van der Waals surface area contributed by atoms with Crippen LogP contribution in [0.25, 0.3) is 0 Å². The predicted octanol–water partition coefficient (Wildman–Crippen LogP) is 8.82. The molecule has 0 unspecified atom stereocenters. The highest BCUT2D eigenvalue weighted by Gasteiger charge is 2.38. The molecule has 0 rings (SSSR count). The van der Waals surface area contributed by atoms with Crippen molar-refractivity contribution < 1.29 is 27.2 Å². The Morgan fingerprint density at radius 3 is 0.909 bits per heavy atom. The summed E-state index contributed by atoms with van der Waals surface area (Å²) >= 11 is 0. The molecule has 0 atom stereocenters. The van der Waals surface area contributed by atoms with Gasteiger partial charge in [-0.05, 0) is 51.4 Å². The average Bonchev–Trinajstić information content (AvgIpc) is 2.78. The van der Waals surface area contributed by atoms with Crippen molar-refractivity contribution in [1.29, 1.82) is 0 Å². The summed E-state index contributed by atoms with van der Waals surface area (Å²) in [7, 11) is -7.36. The minimum Gasteiger partial charge on any atom is -0.308 e. The minimum absolute atomic E-state index is 0.219. The van der Waals surface area contributed by atoms with Crippen molar-refractivity contribution in [3.8, 4) is 0 Å². The van der Waals surface area contributed by atoms with Crippen molar-refractivity contribution in [3.63, 3.8) is 0 Å². The molecule has 0 saturated carbocycles. The summed E-state index contributed by atoms with van der Waals surface area (Å²) in [5.74, 6) is -0.385. The molecule has 192 valence electrons. The summed E-state index contributed by atoms with van der Waals surface area (Å²) in [6, 6.07) is 0. The van der Waals surface area contributed by atoms with E-state index in [9.17, 15) is 9.13 Å². The van der Waals surface area contributed by atoms with Crippen LogP contribution in [0.3, 0.4) is 0 Å². The monoisotopic (exact) mass is 504 g/mol. The van der Waals surface area contributed by atoms with Crippen LogP contribution in [0.4, 0.5) is 0 Å². The summed E-state index contributed by atoms with van der Waals surface area (Å²) in [4.78, 5) is 0. The first-order chi connectivity index (χ1) is 15.9. The molecule has 0 aromatic carbocycles. The third-order valence-electron chi connectivity index (χ3n) is 4.25. The predicted molar refractivity (Wildman–Crippen MR) is 140 cm³/mol. The Kier molecular flexibility index (Phi) is 21.3. The third-order valence-corrected chi connectivity index (χ3v) is 9.32. The molecule has 0 heterocycles. The molecule has 0 aromatic rings. The molecule has 0 amide bonds. The first-order valence-electron chi connectivity index (χ1n) is 12.3. The van der Waals surface area contributed by atoms with E-state index in [0.717, 1.165) is 25.7 Å². The van der Waals surface area contributed by atoms with Gasteiger partial charge in [0.2, 0.25) is 0 Å². The zero-order valence-corrected chi connectivity index (χ0v) is 22.9. The Hall–Kier alpha value is -0.740. The molecule has 0 aliphatic carbocycles. The summed E-state index contributed by atoms with van der Waals surface area (Å²) in [6.07, 6.45) is 22.1. The Morgan fingerprint density at radius 1 is 0.455 bits per heavy atom. The zero-order chi connectivity index (χ0) is 24.7. The number of hydrogen-bond donors (Lipinski definition) is 0. The third kappa shape index (κ3) is 19.3. The molecular formula is C25H46O6P2. The van der Waals surface area contributed by atoms with E-state index >= 15 is 0 Å². The second kappa shape index (κ2) is 21.8. The van der Waals surface area contributed by atoms with Crippen LogP contribution in [0, 0.1) is 0 Å². The molecule has 0 fully saturated rings. The van der Waals surface area contributed by atoms with Crippen molar-refractivity contribution >= 4 is 15.2 Å². The highest BCUT2D eigenvalue weighted by atomic mass is 31.2. The number of hydrogen-bond acceptors (Lipinski definition) is 6. The molecular weight excluding hydrogens is 458 g/mol. The largest absolute Gasteiger partial charge is 0.342 e. The van der Waals surface area contributed by atoms with Crippen molar-refractivity contribution in [1.82, 2.24) is 0 Å². The van der Waals surface area contributed by atoms with Crippen molar-refractivity contribution in [2.45, 2.75) is 79.1 Å². The second-order valence-electron chi connectivity index (χ2n) is 7.37. The SMILES string of the molecule is CCC=CCCOP(=O)(CP(=O)(OCCC=CCC)OCCC=CCC)OCCC=CCC. The fraction of sp³-hybridized carbons (Fsp3) is 0.680. The summed E-state index contributed by atoms with van der Waals surface area (Å²) in [5, 5.41) is 0. The highest BCUT2D eigenvalue weighted by molar-refractivity contribution is 7.71. The number of allylic oxidation sites excluding steroid dienone is 4. The molecule has 0 bridgehead atoms. The van der Waals surface area contributed by atoms with E-state index in [1.165, 1.54) is 0 Å². The van der Waals surface area contributed by atoms with E-state index in [1.54, 1.807) is 0 Å². The van der Waals surface area contributed by atoms with Gasteiger partial charge in [0, 0.05) is 0 Å². The second-order valence-corrected chi connectivity index (χ2v) is 12.0. The van der Waals surface area contributed by atoms with E-state index in [1.807, 2.05) is 76.3 Å². The van der Waals surface area contributed by atoms with Crippen LogP contribution in [0.5, 0.6) is 0 Å². The molecule has 6 nitrogen and oxygen atoms in total. The van der Waals surface area contributed by atoms with Gasteiger partial charge in [-0.3, -0.25) is 9.13 Å². The summed E-state index contributed by atoms with van der Waals surface area (Å²) in [5.41, 5.74) is 0. The van der Waals surface area contributed by atoms with Gasteiger partial charge >= 0.3 is 15.2 Å². The van der Waals surface area contributed by atoms with Crippen LogP contribution in [0.2, 0.25) is 0 Å². The molecule has 8 heteroatoms. The van der Waals surface area contributed by atoms with Crippen molar-refractivity contribution in [3.05, 3.63) is 48.6 Å². The van der Waals surface area contributed by atoms with E-state index in [0.29, 0.717) is 25.7 Å². The van der Waals surface area contributed by atoms with Crippen molar-refractivity contribution in [2.75, 3.05) is 32.3 Å². The van der Waals surface area contributed by atoms with Gasteiger partial charge in [-0.25, -0.2) is 0 Å². The molecule has 0 aliphatic rings. The van der Waals surface area contributed by atoms with E-state index in [2.05, 4.69) is 0 Å². The minimum atomic E-state index is -3.68. The first-order valence-corrected chi connectivity index (χ1v) is 15.8. The van der Waals surface area contributed by atoms with Crippen LogP contribution in [0.15, 0.2) is 48.6 Å². The first kappa shape index (κ1) is 32.3. The Bertz CT molecular complexity index is 566. The molecule has 0 radical (unpaired) electrons. The maximum atomic E-state index is 13.5. The van der Waals surface area contributed by atoms with E-state index < -0.39 is 15.2 Å². The molecule has 0 N–H and O–H groups in total. The van der Waals surface area contributed by atoms with Crippen LogP contribution in [-0.2, 0) is 27.2 Å². The Labute approximate surface area is 202 Å². The van der Waals surface area contributed by atoms with Gasteiger partial charge < -0.3 is 18.1 Å². The standard InChI is InChI=1S/C25H46O6P2/c1-5-9-13-17-21-28-32(26,29-22-18-14-10-6-2)25-33(27,30-23-19-15-11-7-3)31-24-20-16-12-8-4/h9-16H,5-8,17-25H2,1-4H3. The van der Waals surface area contributed by atoms with Gasteiger partial charge in [0.1, 0.15) is 0 Å². The van der Waals surface area contributed by atoms with Gasteiger partial charge in [-0.15, -0.1) is 0 Å². The lowest BCUT2D eigenvalue weighted by molar-refractivity contribution is 0.196. The van der Waals surface area contributed by atoms with Crippen molar-refractivity contribution in [2.24, 2.45) is 0 Å². The molecule has 0 saturated heterocycles. The Morgan fingerprint density at radius 2 is 0.697 bits per heavy atom. The fourth-order valence-corrected chi connectivity index (χ4v) is 7.31. The van der Waals surface area contributed by atoms with Crippen LogP contribution in [0.1, 0.15) is 79.1 Å². The number of rotatable bonds is 22. The quantitative estimate of drug-likeness (QED) is 0.0833. The van der Waals surface area contributed by atoms with E-state index in [-0.39, 0.29) is 32.3 Å². The van der Waals surface area contributed by atoms with E-state index in [4.69, 9.17) is 18.1 Å².